The lowest BCUT2D eigenvalue weighted by molar-refractivity contribution is 0.488. The van der Waals surface area contributed by atoms with Gasteiger partial charge in [0.2, 0.25) is 0 Å². The smallest absolute Gasteiger partial charge is 0.159 e. The Labute approximate surface area is 303 Å². The van der Waals surface area contributed by atoms with Crippen molar-refractivity contribution in [3.05, 3.63) is 200 Å². The molecule has 10 rings (SSSR count). The van der Waals surface area contributed by atoms with E-state index in [1.165, 1.54) is 44.0 Å². The number of anilines is 3. The third-order valence-electron chi connectivity index (χ3n) is 10.3. The standard InChI is InChI=1S/C50H33NO/c1-3-12-34(13-4-1)36-24-28-40(29-25-36)51(41-30-26-37(27-31-41)35-14-5-2-6-15-35)49-45(43-21-9-17-38-16-7-8-20-42(38)43)32-33-46-44-22-10-18-39-19-11-23-47(48(39)44)52-50(46)49/h1-33H. The largest absolute Gasteiger partial charge is 0.454 e. The lowest BCUT2D eigenvalue weighted by Crippen LogP contribution is -2.14. The molecule has 0 spiro atoms. The van der Waals surface area contributed by atoms with E-state index >= 15 is 0 Å². The second-order valence-corrected chi connectivity index (χ2v) is 13.3. The first-order valence-corrected chi connectivity index (χ1v) is 17.8. The van der Waals surface area contributed by atoms with E-state index in [9.17, 15) is 0 Å². The molecule has 0 aliphatic carbocycles. The summed E-state index contributed by atoms with van der Waals surface area (Å²) in [5.41, 5.74) is 12.3. The van der Waals surface area contributed by atoms with Crippen molar-refractivity contribution in [3.63, 3.8) is 0 Å². The molecule has 0 aromatic heterocycles. The molecule has 2 heteroatoms. The third kappa shape index (κ3) is 5.04. The highest BCUT2D eigenvalue weighted by Crippen LogP contribution is 2.56. The minimum Gasteiger partial charge on any atom is -0.454 e. The zero-order valence-electron chi connectivity index (χ0n) is 28.4. The number of nitrogens with zero attached hydrogens (tertiary/aromatic N) is 1. The number of hydrogen-bond acceptors (Lipinski definition) is 2. The van der Waals surface area contributed by atoms with Crippen molar-refractivity contribution in [1.29, 1.82) is 0 Å². The van der Waals surface area contributed by atoms with Gasteiger partial charge >= 0.3 is 0 Å². The van der Waals surface area contributed by atoms with Gasteiger partial charge in [-0.15, -0.1) is 0 Å². The van der Waals surface area contributed by atoms with Crippen LogP contribution < -0.4 is 9.64 Å². The first-order valence-electron chi connectivity index (χ1n) is 17.8. The molecule has 0 fully saturated rings. The van der Waals surface area contributed by atoms with Crippen LogP contribution in [0.4, 0.5) is 17.1 Å². The monoisotopic (exact) mass is 663 g/mol. The molecule has 0 N–H and O–H groups in total. The summed E-state index contributed by atoms with van der Waals surface area (Å²) >= 11 is 0. The Morgan fingerprint density at radius 3 is 1.48 bits per heavy atom. The highest BCUT2D eigenvalue weighted by Gasteiger charge is 2.30. The van der Waals surface area contributed by atoms with Crippen molar-refractivity contribution >= 4 is 38.6 Å². The minimum atomic E-state index is 0.843. The molecular formula is C50H33NO. The predicted octanol–water partition coefficient (Wildman–Crippen LogP) is 14.2. The van der Waals surface area contributed by atoms with Gasteiger partial charge in [-0.3, -0.25) is 0 Å². The molecule has 1 heterocycles. The maximum atomic E-state index is 7.12. The average molecular weight is 664 g/mol. The fourth-order valence-corrected chi connectivity index (χ4v) is 7.79. The summed E-state index contributed by atoms with van der Waals surface area (Å²) in [7, 11) is 0. The summed E-state index contributed by atoms with van der Waals surface area (Å²) in [5.74, 6) is 1.71. The molecule has 0 atom stereocenters. The molecule has 0 saturated carbocycles. The van der Waals surface area contributed by atoms with Gasteiger partial charge in [-0.1, -0.05) is 164 Å². The molecule has 0 radical (unpaired) electrons. The van der Waals surface area contributed by atoms with Gasteiger partial charge in [-0.2, -0.15) is 0 Å². The Kier molecular flexibility index (Phi) is 7.18. The van der Waals surface area contributed by atoms with Crippen molar-refractivity contribution in [2.75, 3.05) is 4.90 Å². The van der Waals surface area contributed by atoms with E-state index in [2.05, 4.69) is 205 Å². The molecule has 0 saturated heterocycles. The number of hydrogen-bond donors (Lipinski definition) is 0. The summed E-state index contributed by atoms with van der Waals surface area (Å²) < 4.78 is 7.12. The van der Waals surface area contributed by atoms with Crippen LogP contribution in [0.1, 0.15) is 0 Å². The van der Waals surface area contributed by atoms with Crippen molar-refractivity contribution in [3.8, 4) is 56.0 Å². The zero-order chi connectivity index (χ0) is 34.4. The Morgan fingerprint density at radius 2 is 0.827 bits per heavy atom. The molecule has 52 heavy (non-hydrogen) atoms. The van der Waals surface area contributed by atoms with E-state index in [4.69, 9.17) is 4.74 Å². The summed E-state index contributed by atoms with van der Waals surface area (Å²) in [6.45, 7) is 0. The van der Waals surface area contributed by atoms with Crippen LogP contribution in [0.25, 0.3) is 66.1 Å². The SMILES string of the molecule is c1ccc(-c2ccc(N(c3ccc(-c4ccccc4)cc3)c3c(-c4cccc5ccccc45)ccc4c3Oc3cccc5cccc-4c35)cc2)cc1. The molecule has 0 amide bonds. The van der Waals surface area contributed by atoms with E-state index < -0.39 is 0 Å². The quantitative estimate of drug-likeness (QED) is 0.176. The van der Waals surface area contributed by atoms with Gasteiger partial charge in [0.05, 0.1) is 5.69 Å². The van der Waals surface area contributed by atoms with Crippen LogP contribution in [-0.2, 0) is 0 Å². The van der Waals surface area contributed by atoms with Crippen LogP contribution in [0.5, 0.6) is 11.5 Å². The average Bonchev–Trinajstić information content (AvgIpc) is 3.22. The molecule has 9 aromatic carbocycles. The number of benzene rings is 9. The molecule has 2 nitrogen and oxygen atoms in total. The van der Waals surface area contributed by atoms with Gasteiger partial charge in [-0.25, -0.2) is 0 Å². The highest BCUT2D eigenvalue weighted by atomic mass is 16.5. The molecule has 0 unspecified atom stereocenters. The molecular weight excluding hydrogens is 631 g/mol. The number of ether oxygens (including phenoxy) is 1. The molecule has 0 bridgehead atoms. The van der Waals surface area contributed by atoms with E-state index in [0.717, 1.165) is 50.6 Å². The first-order chi connectivity index (χ1) is 25.8. The summed E-state index contributed by atoms with van der Waals surface area (Å²) in [4.78, 5) is 2.38. The fraction of sp³-hybridized carbons (Fsp3) is 0. The fourth-order valence-electron chi connectivity index (χ4n) is 7.79. The Morgan fingerprint density at radius 1 is 0.327 bits per heavy atom. The third-order valence-corrected chi connectivity index (χ3v) is 10.3. The van der Waals surface area contributed by atoms with E-state index in [1.807, 2.05) is 0 Å². The second kappa shape index (κ2) is 12.5. The van der Waals surface area contributed by atoms with Gasteiger partial charge < -0.3 is 9.64 Å². The van der Waals surface area contributed by atoms with Crippen molar-refractivity contribution < 1.29 is 4.74 Å². The van der Waals surface area contributed by atoms with Gasteiger partial charge in [0.1, 0.15) is 5.75 Å². The summed E-state index contributed by atoms with van der Waals surface area (Å²) in [6.07, 6.45) is 0. The summed E-state index contributed by atoms with van der Waals surface area (Å²) in [5, 5.41) is 4.71. The van der Waals surface area contributed by atoms with Gasteiger partial charge in [0, 0.05) is 27.9 Å². The van der Waals surface area contributed by atoms with Gasteiger partial charge in [0.25, 0.3) is 0 Å². The van der Waals surface area contributed by atoms with Crippen LogP contribution in [0, 0.1) is 0 Å². The highest BCUT2D eigenvalue weighted by molar-refractivity contribution is 6.09. The first kappa shape index (κ1) is 30.0. The zero-order valence-corrected chi connectivity index (χ0v) is 28.4. The number of fused-ring (bicyclic) bond motifs is 3. The maximum absolute atomic E-state index is 7.12. The Hall–Kier alpha value is -6.90. The second-order valence-electron chi connectivity index (χ2n) is 13.3. The maximum Gasteiger partial charge on any atom is 0.159 e. The normalized spacial score (nSPS) is 11.6. The molecule has 1 aliphatic heterocycles. The Bertz CT molecular complexity index is 2640. The lowest BCUT2D eigenvalue weighted by atomic mass is 9.89. The van der Waals surface area contributed by atoms with Crippen LogP contribution in [0.2, 0.25) is 0 Å². The Balaban J connectivity index is 1.26. The van der Waals surface area contributed by atoms with Crippen LogP contribution in [0.15, 0.2) is 200 Å². The lowest BCUT2D eigenvalue weighted by Gasteiger charge is -2.33. The molecule has 244 valence electrons. The van der Waals surface area contributed by atoms with Gasteiger partial charge in [-0.05, 0) is 85.9 Å². The van der Waals surface area contributed by atoms with E-state index in [-0.39, 0.29) is 0 Å². The molecule has 1 aliphatic rings. The predicted molar refractivity (Wildman–Crippen MR) is 218 cm³/mol. The van der Waals surface area contributed by atoms with Crippen LogP contribution in [0.3, 0.4) is 0 Å². The van der Waals surface area contributed by atoms with E-state index in [0.29, 0.717) is 0 Å². The number of rotatable bonds is 6. The van der Waals surface area contributed by atoms with Crippen LogP contribution >= 0.6 is 0 Å². The van der Waals surface area contributed by atoms with Gasteiger partial charge in [0.15, 0.2) is 5.75 Å². The van der Waals surface area contributed by atoms with Crippen molar-refractivity contribution in [2.24, 2.45) is 0 Å². The van der Waals surface area contributed by atoms with Crippen molar-refractivity contribution in [1.82, 2.24) is 0 Å². The summed E-state index contributed by atoms with van der Waals surface area (Å²) in [6, 6.07) is 71.6. The molecule has 9 aromatic rings. The van der Waals surface area contributed by atoms with Crippen LogP contribution in [-0.4, -0.2) is 0 Å². The minimum absolute atomic E-state index is 0.843. The topological polar surface area (TPSA) is 12.5 Å². The van der Waals surface area contributed by atoms with Crippen molar-refractivity contribution in [2.45, 2.75) is 0 Å². The van der Waals surface area contributed by atoms with E-state index in [1.54, 1.807) is 0 Å².